The van der Waals surface area contributed by atoms with Gasteiger partial charge in [-0.3, -0.25) is 0 Å². The molecule has 2 fully saturated rings. The summed E-state index contributed by atoms with van der Waals surface area (Å²) in [5, 5.41) is 29.4. The van der Waals surface area contributed by atoms with Gasteiger partial charge in [0, 0.05) is 0 Å². The number of ether oxygens (including phenoxy) is 1. The molecule has 5 atom stereocenters. The molecule has 9 nitrogen and oxygen atoms in total. The van der Waals surface area contributed by atoms with Gasteiger partial charge in [0.1, 0.15) is 29.8 Å². The minimum Gasteiger partial charge on any atom is -0.394 e. The molecule has 1 unspecified atom stereocenters. The molecule has 22 heavy (non-hydrogen) atoms. The van der Waals surface area contributed by atoms with Crippen LogP contribution in [0.5, 0.6) is 0 Å². The normalized spacial score (nSPS) is 41.7. The van der Waals surface area contributed by atoms with Crippen LogP contribution in [-0.2, 0) is 4.74 Å². The predicted molar refractivity (Wildman–Crippen MR) is 76.4 cm³/mol. The molecule has 0 aromatic rings. The van der Waals surface area contributed by atoms with Crippen molar-refractivity contribution in [3.8, 4) is 0 Å². The van der Waals surface area contributed by atoms with Crippen molar-refractivity contribution in [2.45, 2.75) is 50.1 Å². The lowest BCUT2D eigenvalue weighted by atomic mass is 10.1. The van der Waals surface area contributed by atoms with Gasteiger partial charge in [0.05, 0.1) is 18.5 Å². The fourth-order valence-electron chi connectivity index (χ4n) is 3.39. The number of aliphatic imine (C=N–C) groups is 2. The zero-order valence-corrected chi connectivity index (χ0v) is 12.3. The lowest BCUT2D eigenvalue weighted by Crippen LogP contribution is -2.51. The molecule has 0 aromatic carbocycles. The molecule has 0 aromatic heterocycles. The zero-order chi connectivity index (χ0) is 15.8. The lowest BCUT2D eigenvalue weighted by Gasteiger charge is -2.34. The highest BCUT2D eigenvalue weighted by atomic mass is 16.6. The Balaban J connectivity index is 1.66. The van der Waals surface area contributed by atoms with E-state index in [2.05, 4.69) is 9.98 Å². The van der Waals surface area contributed by atoms with Crippen LogP contribution in [0.25, 0.3) is 0 Å². The van der Waals surface area contributed by atoms with Crippen molar-refractivity contribution in [1.29, 1.82) is 0 Å². The average molecular weight is 309 g/mol. The number of amidine groups is 1. The Morgan fingerprint density at radius 2 is 2.09 bits per heavy atom. The van der Waals surface area contributed by atoms with Gasteiger partial charge in [0.25, 0.3) is 0 Å². The molecule has 0 saturated carbocycles. The minimum absolute atomic E-state index is 0.235. The van der Waals surface area contributed by atoms with Crippen molar-refractivity contribution < 1.29 is 20.1 Å². The Bertz CT molecular complexity index is 616. The third-order valence-electron chi connectivity index (χ3n) is 4.73. The van der Waals surface area contributed by atoms with Crippen molar-refractivity contribution in [2.75, 3.05) is 6.61 Å². The van der Waals surface area contributed by atoms with E-state index < -0.39 is 24.5 Å². The minimum atomic E-state index is -1.15. The van der Waals surface area contributed by atoms with Gasteiger partial charge in [-0.05, 0) is 13.8 Å². The van der Waals surface area contributed by atoms with Crippen molar-refractivity contribution in [3.63, 3.8) is 0 Å². The van der Waals surface area contributed by atoms with E-state index in [9.17, 15) is 15.3 Å². The molecule has 0 aliphatic carbocycles. The van der Waals surface area contributed by atoms with Crippen LogP contribution in [-0.4, -0.2) is 80.1 Å². The molecule has 0 spiro atoms. The summed E-state index contributed by atoms with van der Waals surface area (Å²) in [6, 6.07) is 0. The van der Waals surface area contributed by atoms with E-state index in [1.165, 1.54) is 0 Å². The Morgan fingerprint density at radius 3 is 2.73 bits per heavy atom. The molecule has 5 N–H and O–H groups in total. The van der Waals surface area contributed by atoms with Crippen LogP contribution in [0.1, 0.15) is 13.8 Å². The third kappa shape index (κ3) is 1.56. The number of aliphatic hydroxyl groups excluding tert-OH is 3. The lowest BCUT2D eigenvalue weighted by molar-refractivity contribution is -0.0852. The molecular formula is C13H19N5O4. The largest absolute Gasteiger partial charge is 0.394 e. The number of nitrogens with two attached hydrogens (primary N) is 1. The maximum absolute atomic E-state index is 10.2. The first-order chi connectivity index (χ1) is 10.4. The zero-order valence-electron chi connectivity index (χ0n) is 12.3. The van der Waals surface area contributed by atoms with E-state index in [-0.39, 0.29) is 18.3 Å². The van der Waals surface area contributed by atoms with Crippen molar-refractivity contribution in [3.05, 3.63) is 11.5 Å². The molecule has 4 heterocycles. The van der Waals surface area contributed by atoms with Crippen LogP contribution in [0.15, 0.2) is 21.5 Å². The second-order valence-corrected chi connectivity index (χ2v) is 6.43. The highest BCUT2D eigenvalue weighted by Crippen LogP contribution is 2.46. The van der Waals surface area contributed by atoms with Crippen LogP contribution in [0.2, 0.25) is 0 Å². The summed E-state index contributed by atoms with van der Waals surface area (Å²) in [6.45, 7) is 3.68. The molecule has 4 aliphatic heterocycles. The quantitative estimate of drug-likeness (QED) is 0.424. The molecule has 0 amide bonds. The summed E-state index contributed by atoms with van der Waals surface area (Å²) < 4.78 is 5.59. The van der Waals surface area contributed by atoms with Gasteiger partial charge < -0.3 is 35.6 Å². The summed E-state index contributed by atoms with van der Waals surface area (Å²) in [5.74, 6) is 1.22. The SMILES string of the molecule is CC1(C)C2=NC(N)=C3N=CN([C@@H]4O[C@H](CO)[C@@H](O)[C@H]4O)C3N21. The van der Waals surface area contributed by atoms with Gasteiger partial charge in [-0.2, -0.15) is 0 Å². The second-order valence-electron chi connectivity index (χ2n) is 6.43. The van der Waals surface area contributed by atoms with Gasteiger partial charge in [0.2, 0.25) is 0 Å². The van der Waals surface area contributed by atoms with Crippen LogP contribution in [0.4, 0.5) is 0 Å². The molecular weight excluding hydrogens is 290 g/mol. The van der Waals surface area contributed by atoms with Crippen LogP contribution in [0, 0.1) is 0 Å². The molecule has 4 rings (SSSR count). The smallest absolute Gasteiger partial charge is 0.162 e. The molecule has 120 valence electrons. The van der Waals surface area contributed by atoms with Gasteiger partial charge >= 0.3 is 0 Å². The number of aliphatic hydroxyl groups is 3. The van der Waals surface area contributed by atoms with Gasteiger partial charge in [0.15, 0.2) is 18.2 Å². The van der Waals surface area contributed by atoms with Crippen molar-refractivity contribution in [1.82, 2.24) is 9.80 Å². The number of nitrogens with zero attached hydrogens (tertiary/aromatic N) is 4. The first-order valence-corrected chi connectivity index (χ1v) is 7.20. The third-order valence-corrected chi connectivity index (χ3v) is 4.73. The monoisotopic (exact) mass is 309 g/mol. The Hall–Kier alpha value is -1.68. The molecule has 9 heteroatoms. The second kappa shape index (κ2) is 4.19. The summed E-state index contributed by atoms with van der Waals surface area (Å²) in [6.07, 6.45) is -2.69. The Labute approximate surface area is 127 Å². The summed E-state index contributed by atoms with van der Waals surface area (Å²) in [7, 11) is 0. The maximum Gasteiger partial charge on any atom is 0.162 e. The van der Waals surface area contributed by atoms with E-state index in [1.807, 2.05) is 18.7 Å². The fraction of sp³-hybridized carbons (Fsp3) is 0.692. The highest BCUT2D eigenvalue weighted by Gasteiger charge is 2.62. The van der Waals surface area contributed by atoms with E-state index in [0.29, 0.717) is 11.5 Å². The van der Waals surface area contributed by atoms with E-state index in [0.717, 1.165) is 5.84 Å². The Kier molecular flexibility index (Phi) is 2.66. The van der Waals surface area contributed by atoms with E-state index in [1.54, 1.807) is 11.2 Å². The number of rotatable bonds is 2. The first-order valence-electron chi connectivity index (χ1n) is 7.20. The van der Waals surface area contributed by atoms with E-state index in [4.69, 9.17) is 10.5 Å². The van der Waals surface area contributed by atoms with Crippen molar-refractivity contribution >= 4 is 12.2 Å². The highest BCUT2D eigenvalue weighted by molar-refractivity contribution is 6.08. The predicted octanol–water partition coefficient (Wildman–Crippen LogP) is -2.27. The maximum atomic E-state index is 10.2. The summed E-state index contributed by atoms with van der Waals surface area (Å²) in [4.78, 5) is 12.4. The van der Waals surface area contributed by atoms with Crippen LogP contribution >= 0.6 is 0 Å². The molecule has 2 saturated heterocycles. The fourth-order valence-corrected chi connectivity index (χ4v) is 3.39. The standard InChI is InChI=1S/C13H19N5O4/c1-13(2)12-16-9(14)6-10(18(12)13)17(4-15-6)11-8(21)7(20)5(3-19)22-11/h4-5,7-8,10-11,19-21H,3,14H2,1-2H3/t5-,7-,8-,10?,11-,18?/m1/s1. The van der Waals surface area contributed by atoms with E-state index >= 15 is 0 Å². The van der Waals surface area contributed by atoms with Gasteiger partial charge in [-0.25, -0.2) is 9.98 Å². The van der Waals surface area contributed by atoms with Crippen LogP contribution in [0.3, 0.4) is 0 Å². The van der Waals surface area contributed by atoms with Crippen LogP contribution < -0.4 is 5.73 Å². The molecule has 0 radical (unpaired) electrons. The summed E-state index contributed by atoms with van der Waals surface area (Å²) >= 11 is 0. The van der Waals surface area contributed by atoms with Gasteiger partial charge in [-0.15, -0.1) is 0 Å². The Morgan fingerprint density at radius 1 is 1.36 bits per heavy atom. The number of fused-ring (bicyclic) bond motifs is 3. The van der Waals surface area contributed by atoms with Gasteiger partial charge in [-0.1, -0.05) is 0 Å². The number of hydrogen-bond acceptors (Lipinski definition) is 9. The first kappa shape index (κ1) is 13.9. The number of hydrogen-bond donors (Lipinski definition) is 4. The molecule has 0 bridgehead atoms. The average Bonchev–Trinajstić information content (AvgIpc) is 2.82. The summed E-state index contributed by atoms with van der Waals surface area (Å²) in [5.41, 5.74) is 6.34. The molecule has 4 aliphatic rings. The topological polar surface area (TPSA) is 127 Å². The van der Waals surface area contributed by atoms with Crippen molar-refractivity contribution in [2.24, 2.45) is 15.7 Å².